The zero-order chi connectivity index (χ0) is 27.3. The highest BCUT2D eigenvalue weighted by Gasteiger charge is 2.32. The number of nitrogens with two attached hydrogens (primary N) is 1. The highest BCUT2D eigenvalue weighted by molar-refractivity contribution is 6.07. The lowest BCUT2D eigenvalue weighted by Gasteiger charge is -2.12. The number of allylic oxidation sites excluding steroid dienone is 4. The first-order valence-corrected chi connectivity index (χ1v) is 10.8. The zero-order valence-corrected chi connectivity index (χ0v) is 19.8. The van der Waals surface area contributed by atoms with Crippen LogP contribution < -0.4 is 21.7 Å². The molecular formula is C24H23F4N7O2. The number of rotatable bonds is 7. The van der Waals surface area contributed by atoms with Gasteiger partial charge >= 0.3 is 12.2 Å². The van der Waals surface area contributed by atoms with Crippen LogP contribution in [0.15, 0.2) is 72.6 Å². The summed E-state index contributed by atoms with van der Waals surface area (Å²) in [5, 5.41) is 11.3. The molecule has 5 N–H and O–H groups in total. The number of fused-ring (bicyclic) bond motifs is 1. The smallest absolute Gasteiger partial charge is 0.382 e. The molecule has 1 aromatic carbocycles. The molecule has 194 valence electrons. The average Bonchev–Trinajstić information content (AvgIpc) is 3.22. The maximum Gasteiger partial charge on any atom is 0.416 e. The number of carbonyl (C=O) groups is 2. The molecule has 0 saturated heterocycles. The van der Waals surface area contributed by atoms with Crippen molar-refractivity contribution in [2.24, 2.45) is 0 Å². The van der Waals surface area contributed by atoms with E-state index >= 15 is 0 Å². The Balaban J connectivity index is 1.88. The Morgan fingerprint density at radius 3 is 2.46 bits per heavy atom. The zero-order valence-electron chi connectivity index (χ0n) is 19.8. The number of halogens is 4. The number of nitrogen functional groups attached to an aromatic ring is 1. The number of benzene rings is 1. The summed E-state index contributed by atoms with van der Waals surface area (Å²) in [6.07, 6.45) is -1.05. The Kier molecular flexibility index (Phi) is 7.95. The van der Waals surface area contributed by atoms with Gasteiger partial charge in [0.15, 0.2) is 5.82 Å². The fourth-order valence-electron chi connectivity index (χ4n) is 3.39. The van der Waals surface area contributed by atoms with Gasteiger partial charge in [0.05, 0.1) is 16.8 Å². The van der Waals surface area contributed by atoms with Crippen LogP contribution in [0.5, 0.6) is 0 Å². The quantitative estimate of drug-likeness (QED) is 0.266. The molecule has 0 aliphatic carbocycles. The number of hydrogen-bond acceptors (Lipinski definition) is 5. The first-order valence-electron chi connectivity index (χ1n) is 10.8. The van der Waals surface area contributed by atoms with Crippen molar-refractivity contribution in [3.05, 3.63) is 78.2 Å². The molecule has 9 nitrogen and oxygen atoms in total. The highest BCUT2D eigenvalue weighted by Crippen LogP contribution is 2.33. The van der Waals surface area contributed by atoms with E-state index in [1.165, 1.54) is 29.2 Å². The molecular weight excluding hydrogens is 494 g/mol. The molecule has 0 radical (unpaired) electrons. The lowest BCUT2D eigenvalue weighted by atomic mass is 10.0. The van der Waals surface area contributed by atoms with Crippen LogP contribution in [-0.2, 0) is 0 Å². The summed E-state index contributed by atoms with van der Waals surface area (Å²) in [4.78, 5) is 29.0. The average molecular weight is 517 g/mol. The van der Waals surface area contributed by atoms with Crippen molar-refractivity contribution >= 4 is 29.0 Å². The summed E-state index contributed by atoms with van der Waals surface area (Å²) >= 11 is 0. The number of aromatic nitrogens is 3. The third-order valence-electron chi connectivity index (χ3n) is 5.08. The van der Waals surface area contributed by atoms with Crippen LogP contribution in [0.3, 0.4) is 0 Å². The van der Waals surface area contributed by atoms with Crippen molar-refractivity contribution in [2.75, 3.05) is 17.6 Å². The predicted molar refractivity (Wildman–Crippen MR) is 131 cm³/mol. The van der Waals surface area contributed by atoms with Crippen LogP contribution in [0.1, 0.15) is 24.2 Å². The SMILES string of the molecule is C=C/C(=C\C(NC(=O)Nc1ccc(-c2c(C(=O)NCC)cn3ncnc(N)c23)cc1)=C(/C)F)C(F)(F)F. The summed E-state index contributed by atoms with van der Waals surface area (Å²) in [5.74, 6) is -1.24. The van der Waals surface area contributed by atoms with E-state index in [4.69, 9.17) is 5.73 Å². The molecule has 0 saturated carbocycles. The topological polar surface area (TPSA) is 126 Å². The largest absolute Gasteiger partial charge is 0.416 e. The van der Waals surface area contributed by atoms with E-state index in [2.05, 4.69) is 32.6 Å². The summed E-state index contributed by atoms with van der Waals surface area (Å²) in [5.41, 5.74) is 6.10. The monoisotopic (exact) mass is 517 g/mol. The number of hydrogen-bond donors (Lipinski definition) is 4. The lowest BCUT2D eigenvalue weighted by Crippen LogP contribution is -2.28. The summed E-state index contributed by atoms with van der Waals surface area (Å²) in [6.45, 7) is 6.14. The van der Waals surface area contributed by atoms with Gasteiger partial charge < -0.3 is 21.7 Å². The molecule has 0 aliphatic rings. The van der Waals surface area contributed by atoms with E-state index in [0.717, 1.165) is 6.92 Å². The molecule has 0 fully saturated rings. The van der Waals surface area contributed by atoms with Gasteiger partial charge in [-0.2, -0.15) is 18.3 Å². The van der Waals surface area contributed by atoms with Crippen LogP contribution in [0.4, 0.5) is 33.9 Å². The predicted octanol–water partition coefficient (Wildman–Crippen LogP) is 4.73. The molecule has 0 atom stereocenters. The maximum atomic E-state index is 13.8. The van der Waals surface area contributed by atoms with Crippen molar-refractivity contribution in [3.8, 4) is 11.1 Å². The Hall–Kier alpha value is -4.68. The molecule has 2 aromatic heterocycles. The van der Waals surface area contributed by atoms with Gasteiger partial charge in [0, 0.05) is 24.0 Å². The second-order valence-electron chi connectivity index (χ2n) is 7.62. The molecule has 0 spiro atoms. The van der Waals surface area contributed by atoms with Gasteiger partial charge in [0.25, 0.3) is 5.91 Å². The number of alkyl halides is 3. The molecule has 2 heterocycles. The molecule has 37 heavy (non-hydrogen) atoms. The number of amides is 3. The number of anilines is 2. The standard InChI is InChI=1S/C24H23F4N7O2/c1-4-15(24(26,27)28)10-18(13(3)25)34-23(37)33-16-8-6-14(7-9-16)19-17(22(36)30-5-2)11-35-20(19)21(29)31-12-32-35/h4,6-12H,1,5H2,2-3H3,(H,30,36)(H2,29,31,32)(H2,33,34,37)/b15-10+,18-13-. The summed E-state index contributed by atoms with van der Waals surface area (Å²) in [6, 6.07) is 5.20. The first kappa shape index (κ1) is 26.9. The van der Waals surface area contributed by atoms with Gasteiger partial charge in [-0.05, 0) is 37.6 Å². The van der Waals surface area contributed by atoms with Crippen molar-refractivity contribution in [1.29, 1.82) is 0 Å². The minimum atomic E-state index is -4.78. The van der Waals surface area contributed by atoms with Crippen LogP contribution in [0.2, 0.25) is 0 Å². The normalized spacial score (nSPS) is 12.6. The van der Waals surface area contributed by atoms with Gasteiger partial charge in [-0.15, -0.1) is 0 Å². The third-order valence-corrected chi connectivity index (χ3v) is 5.08. The van der Waals surface area contributed by atoms with Crippen LogP contribution >= 0.6 is 0 Å². The van der Waals surface area contributed by atoms with Gasteiger partial charge in [-0.3, -0.25) is 4.79 Å². The Bertz CT molecular complexity index is 1400. The van der Waals surface area contributed by atoms with Crippen molar-refractivity contribution in [1.82, 2.24) is 25.2 Å². The minimum Gasteiger partial charge on any atom is -0.382 e. The first-order chi connectivity index (χ1) is 17.5. The number of carbonyl (C=O) groups excluding carboxylic acids is 2. The number of urea groups is 1. The Labute approximate surface area is 208 Å². The fourth-order valence-corrected chi connectivity index (χ4v) is 3.39. The van der Waals surface area contributed by atoms with Crippen molar-refractivity contribution in [2.45, 2.75) is 20.0 Å². The molecule has 0 unspecified atom stereocenters. The molecule has 3 amide bonds. The second kappa shape index (κ2) is 10.9. The van der Waals surface area contributed by atoms with E-state index < -0.39 is 29.3 Å². The van der Waals surface area contributed by atoms with Crippen molar-refractivity contribution < 1.29 is 27.2 Å². The third kappa shape index (κ3) is 6.12. The van der Waals surface area contributed by atoms with E-state index in [9.17, 15) is 27.2 Å². The van der Waals surface area contributed by atoms with E-state index in [1.807, 2.05) is 0 Å². The molecule has 13 heteroatoms. The van der Waals surface area contributed by atoms with Gasteiger partial charge in [-0.1, -0.05) is 24.8 Å². The summed E-state index contributed by atoms with van der Waals surface area (Å²) in [7, 11) is 0. The lowest BCUT2D eigenvalue weighted by molar-refractivity contribution is -0.0882. The minimum absolute atomic E-state index is 0.147. The van der Waals surface area contributed by atoms with E-state index in [-0.39, 0.29) is 17.4 Å². The van der Waals surface area contributed by atoms with Crippen LogP contribution in [0, 0.1) is 0 Å². The van der Waals surface area contributed by atoms with Gasteiger partial charge in [-0.25, -0.2) is 18.7 Å². The van der Waals surface area contributed by atoms with Gasteiger partial charge in [0.1, 0.15) is 17.7 Å². The van der Waals surface area contributed by atoms with Gasteiger partial charge in [0.2, 0.25) is 0 Å². The molecule has 3 rings (SSSR count). The van der Waals surface area contributed by atoms with Crippen LogP contribution in [-0.4, -0.2) is 39.3 Å². The highest BCUT2D eigenvalue weighted by atomic mass is 19.4. The van der Waals surface area contributed by atoms with Crippen molar-refractivity contribution in [3.63, 3.8) is 0 Å². The second-order valence-corrected chi connectivity index (χ2v) is 7.62. The fraction of sp³-hybridized carbons (Fsp3) is 0.167. The summed E-state index contributed by atoms with van der Waals surface area (Å²) < 4.78 is 54.2. The van der Waals surface area contributed by atoms with Crippen LogP contribution in [0.25, 0.3) is 16.6 Å². The van der Waals surface area contributed by atoms with E-state index in [1.54, 1.807) is 19.1 Å². The molecule has 3 aromatic rings. The molecule has 0 aliphatic heterocycles. The maximum absolute atomic E-state index is 13.8. The molecule has 0 bridgehead atoms. The number of nitrogens with zero attached hydrogens (tertiary/aromatic N) is 3. The Morgan fingerprint density at radius 2 is 1.89 bits per heavy atom. The number of nitrogens with one attached hydrogen (secondary N) is 3. The Morgan fingerprint density at radius 1 is 1.22 bits per heavy atom. The van der Waals surface area contributed by atoms with E-state index in [0.29, 0.717) is 40.9 Å².